The third-order valence-corrected chi connectivity index (χ3v) is 2.93. The predicted molar refractivity (Wildman–Crippen MR) is 70.8 cm³/mol. The number of carbonyl (C=O) groups is 2. The number of hydrogen-bond donors (Lipinski definition) is 2. The number of hydrogen-bond acceptors (Lipinski definition) is 5. The fourth-order valence-electron chi connectivity index (χ4n) is 2.00. The summed E-state index contributed by atoms with van der Waals surface area (Å²) in [6.07, 6.45) is 0.476. The van der Waals surface area contributed by atoms with Crippen LogP contribution in [0, 0.1) is 0 Å². The number of benzene rings is 1. The second kappa shape index (κ2) is 6.21. The molecule has 0 aliphatic carbocycles. The number of ether oxygens (including phenoxy) is 1. The van der Waals surface area contributed by atoms with E-state index in [9.17, 15) is 14.7 Å². The van der Waals surface area contributed by atoms with Gasteiger partial charge < -0.3 is 19.6 Å². The van der Waals surface area contributed by atoms with Crippen molar-refractivity contribution in [2.75, 3.05) is 6.61 Å². The van der Waals surface area contributed by atoms with Crippen LogP contribution in [0.1, 0.15) is 18.6 Å². The Morgan fingerprint density at radius 1 is 1.50 bits per heavy atom. The highest BCUT2D eigenvalue weighted by Crippen LogP contribution is 2.28. The van der Waals surface area contributed by atoms with Gasteiger partial charge in [-0.15, -0.1) is 0 Å². The summed E-state index contributed by atoms with van der Waals surface area (Å²) >= 11 is 0. The molecule has 1 amide bonds. The maximum Gasteiger partial charge on any atom is 0.331 e. The molecule has 106 valence electrons. The molecule has 6 heteroatoms. The smallest absolute Gasteiger partial charge is 0.331 e. The van der Waals surface area contributed by atoms with Gasteiger partial charge in [0.1, 0.15) is 11.7 Å². The zero-order valence-electron chi connectivity index (χ0n) is 10.9. The van der Waals surface area contributed by atoms with Crippen LogP contribution in [0.3, 0.4) is 0 Å². The van der Waals surface area contributed by atoms with Gasteiger partial charge in [-0.3, -0.25) is 4.79 Å². The van der Waals surface area contributed by atoms with Crippen molar-refractivity contribution >= 4 is 23.3 Å². The third-order valence-electron chi connectivity index (χ3n) is 2.93. The van der Waals surface area contributed by atoms with Crippen LogP contribution in [-0.4, -0.2) is 30.1 Å². The van der Waals surface area contributed by atoms with Crippen molar-refractivity contribution in [1.82, 2.24) is 5.32 Å². The molecule has 1 heterocycles. The summed E-state index contributed by atoms with van der Waals surface area (Å²) < 4.78 is 10.1. The number of rotatable bonds is 6. The van der Waals surface area contributed by atoms with Gasteiger partial charge in [-0.2, -0.15) is 0 Å². The second-order valence-corrected chi connectivity index (χ2v) is 4.15. The summed E-state index contributed by atoms with van der Waals surface area (Å²) in [5, 5.41) is 13.3. The molecule has 6 nitrogen and oxygen atoms in total. The molecule has 0 bridgehead atoms. The summed E-state index contributed by atoms with van der Waals surface area (Å²) in [7, 11) is 0. The number of aliphatic hydroxyl groups excluding tert-OH is 1. The molecule has 2 atom stereocenters. The van der Waals surface area contributed by atoms with Crippen molar-refractivity contribution in [2.45, 2.75) is 19.1 Å². The highest BCUT2D eigenvalue weighted by Gasteiger charge is 2.31. The van der Waals surface area contributed by atoms with Crippen LogP contribution in [-0.2, 0) is 14.3 Å². The average molecular weight is 277 g/mol. The molecule has 0 saturated heterocycles. The fourth-order valence-corrected chi connectivity index (χ4v) is 2.00. The lowest BCUT2D eigenvalue weighted by Gasteiger charge is -2.19. The lowest BCUT2D eigenvalue weighted by atomic mass is 10.0. The molecule has 2 aromatic rings. The lowest BCUT2D eigenvalue weighted by molar-refractivity contribution is -0.149. The zero-order chi connectivity index (χ0) is 14.5. The van der Waals surface area contributed by atoms with Gasteiger partial charge in [0.25, 0.3) is 0 Å². The number of carbonyl (C=O) groups excluding carboxylic acids is 2. The second-order valence-electron chi connectivity index (χ2n) is 4.15. The van der Waals surface area contributed by atoms with Gasteiger partial charge in [0.15, 0.2) is 6.04 Å². The topological polar surface area (TPSA) is 88.8 Å². The maximum atomic E-state index is 11.8. The van der Waals surface area contributed by atoms with Gasteiger partial charge in [-0.05, 0) is 13.0 Å². The minimum atomic E-state index is -1.25. The molecule has 2 rings (SSSR count). The molecule has 0 aliphatic heterocycles. The summed E-state index contributed by atoms with van der Waals surface area (Å²) in [5.74, 6) is -0.697. The Kier molecular flexibility index (Phi) is 4.37. The van der Waals surface area contributed by atoms with Crippen LogP contribution in [0.4, 0.5) is 0 Å². The van der Waals surface area contributed by atoms with E-state index in [0.29, 0.717) is 22.9 Å². The van der Waals surface area contributed by atoms with Gasteiger partial charge in [0.2, 0.25) is 6.41 Å². The predicted octanol–water partition coefficient (Wildman–Crippen LogP) is 1.14. The first-order chi connectivity index (χ1) is 9.69. The Balaban J connectivity index is 2.33. The van der Waals surface area contributed by atoms with E-state index in [2.05, 4.69) is 5.32 Å². The van der Waals surface area contributed by atoms with Crippen LogP contribution in [0.2, 0.25) is 0 Å². The number of nitrogens with one attached hydrogen (secondary N) is 1. The molecule has 0 saturated carbocycles. The number of para-hydroxylation sites is 1. The lowest BCUT2D eigenvalue weighted by Crippen LogP contribution is -2.42. The molecule has 2 unspecified atom stereocenters. The minimum absolute atomic E-state index is 0.161. The number of fused-ring (bicyclic) bond motifs is 1. The van der Waals surface area contributed by atoms with Crippen molar-refractivity contribution in [1.29, 1.82) is 0 Å². The monoisotopic (exact) mass is 277 g/mol. The van der Waals surface area contributed by atoms with Crippen molar-refractivity contribution < 1.29 is 23.8 Å². The zero-order valence-corrected chi connectivity index (χ0v) is 10.9. The Hall–Kier alpha value is -2.34. The summed E-state index contributed by atoms with van der Waals surface area (Å²) in [6, 6.07) is 5.93. The molecule has 0 fully saturated rings. The molecule has 0 radical (unpaired) electrons. The molecule has 0 spiro atoms. The standard InChI is InChI=1S/C14H15NO5/c1-2-19-14(18)12(15-8-16)13(17)10-7-20-11-6-4-3-5-9(10)11/h3-8,12-13,17H,2H2,1H3,(H,15,16). The number of esters is 1. The maximum absolute atomic E-state index is 11.8. The molecule has 20 heavy (non-hydrogen) atoms. The number of aliphatic hydroxyl groups is 1. The normalized spacial score (nSPS) is 13.7. The highest BCUT2D eigenvalue weighted by atomic mass is 16.5. The first-order valence-electron chi connectivity index (χ1n) is 6.19. The number of furan rings is 1. The van der Waals surface area contributed by atoms with Crippen molar-refractivity contribution in [3.8, 4) is 0 Å². The third kappa shape index (κ3) is 2.65. The Morgan fingerprint density at radius 2 is 2.25 bits per heavy atom. The molecular weight excluding hydrogens is 262 g/mol. The average Bonchev–Trinajstić information content (AvgIpc) is 2.88. The first kappa shape index (κ1) is 14.1. The van der Waals surface area contributed by atoms with Crippen molar-refractivity contribution in [3.05, 3.63) is 36.1 Å². The van der Waals surface area contributed by atoms with Crippen LogP contribution >= 0.6 is 0 Å². The van der Waals surface area contributed by atoms with E-state index in [4.69, 9.17) is 9.15 Å². The molecule has 0 aliphatic rings. The summed E-state index contributed by atoms with van der Waals surface area (Å²) in [5.41, 5.74) is 1.02. The van der Waals surface area contributed by atoms with E-state index in [-0.39, 0.29) is 6.61 Å². The van der Waals surface area contributed by atoms with Gasteiger partial charge in [0.05, 0.1) is 12.9 Å². The Bertz CT molecular complexity index is 606. The van der Waals surface area contributed by atoms with Crippen molar-refractivity contribution in [2.24, 2.45) is 0 Å². The fraction of sp³-hybridized carbons (Fsp3) is 0.286. The summed E-state index contributed by atoms with van der Waals surface area (Å²) in [6.45, 7) is 1.81. The van der Waals surface area contributed by atoms with E-state index in [0.717, 1.165) is 0 Å². The molecule has 1 aromatic heterocycles. The van der Waals surface area contributed by atoms with Gasteiger partial charge in [0, 0.05) is 10.9 Å². The SMILES string of the molecule is CCOC(=O)C(NC=O)C(O)c1coc2ccccc12. The molecule has 2 N–H and O–H groups in total. The van der Waals surface area contributed by atoms with E-state index in [1.165, 1.54) is 6.26 Å². The molecule has 1 aromatic carbocycles. The summed E-state index contributed by atoms with van der Waals surface area (Å²) in [4.78, 5) is 22.4. The van der Waals surface area contributed by atoms with Gasteiger partial charge >= 0.3 is 5.97 Å². The highest BCUT2D eigenvalue weighted by molar-refractivity contribution is 5.84. The minimum Gasteiger partial charge on any atom is -0.464 e. The Morgan fingerprint density at radius 3 is 2.95 bits per heavy atom. The van der Waals surface area contributed by atoms with E-state index >= 15 is 0 Å². The van der Waals surface area contributed by atoms with Gasteiger partial charge in [-0.25, -0.2) is 4.79 Å². The van der Waals surface area contributed by atoms with E-state index < -0.39 is 18.1 Å². The quantitative estimate of drug-likeness (QED) is 0.610. The van der Waals surface area contributed by atoms with Crippen LogP contribution in [0.15, 0.2) is 34.9 Å². The van der Waals surface area contributed by atoms with Crippen LogP contribution in [0.5, 0.6) is 0 Å². The van der Waals surface area contributed by atoms with E-state index in [1.54, 1.807) is 31.2 Å². The Labute approximate surface area is 115 Å². The van der Waals surface area contributed by atoms with Gasteiger partial charge in [-0.1, -0.05) is 18.2 Å². The number of amides is 1. The van der Waals surface area contributed by atoms with Crippen LogP contribution in [0.25, 0.3) is 11.0 Å². The largest absolute Gasteiger partial charge is 0.464 e. The van der Waals surface area contributed by atoms with E-state index in [1.807, 2.05) is 0 Å². The molecular formula is C14H15NO5. The first-order valence-corrected chi connectivity index (χ1v) is 6.19. The van der Waals surface area contributed by atoms with Crippen LogP contribution < -0.4 is 5.32 Å². The van der Waals surface area contributed by atoms with Crippen molar-refractivity contribution in [3.63, 3.8) is 0 Å².